The summed E-state index contributed by atoms with van der Waals surface area (Å²) < 4.78 is 5.62. The molecule has 202 valence electrons. The second-order valence-corrected chi connectivity index (χ2v) is 9.33. The fourth-order valence-corrected chi connectivity index (χ4v) is 4.69. The minimum atomic E-state index is -0.364. The van der Waals surface area contributed by atoms with Gasteiger partial charge in [0.2, 0.25) is 5.95 Å². The maximum atomic E-state index is 12.1. The number of piperidine rings is 1. The van der Waals surface area contributed by atoms with Crippen LogP contribution in [0.3, 0.4) is 0 Å². The van der Waals surface area contributed by atoms with Gasteiger partial charge in [0.25, 0.3) is 5.69 Å². The highest BCUT2D eigenvalue weighted by atomic mass is 16.6. The Kier molecular flexibility index (Phi) is 7.50. The number of para-hydroxylation sites is 2. The predicted octanol–water partition coefficient (Wildman–Crippen LogP) is 3.99. The van der Waals surface area contributed by atoms with E-state index in [1.165, 1.54) is 18.0 Å². The first-order valence-electron chi connectivity index (χ1n) is 12.5. The topological polar surface area (TPSA) is 139 Å². The van der Waals surface area contributed by atoms with Gasteiger partial charge in [0.1, 0.15) is 22.9 Å². The molecule has 13 heteroatoms. The summed E-state index contributed by atoms with van der Waals surface area (Å²) >= 11 is 0. The molecule has 3 heterocycles. The second kappa shape index (κ2) is 11.3. The number of rotatable bonds is 9. The highest BCUT2D eigenvalue weighted by Gasteiger charge is 2.28. The van der Waals surface area contributed by atoms with Crippen molar-refractivity contribution >= 4 is 34.5 Å². The van der Waals surface area contributed by atoms with E-state index in [4.69, 9.17) is 4.74 Å². The lowest BCUT2D eigenvalue weighted by atomic mass is 10.0. The Morgan fingerprint density at radius 1 is 1.00 bits per heavy atom. The Bertz CT molecular complexity index is 1440. The third-order valence-corrected chi connectivity index (χ3v) is 6.73. The molecule has 0 radical (unpaired) electrons. The van der Waals surface area contributed by atoms with E-state index in [1.807, 2.05) is 24.3 Å². The quantitative estimate of drug-likeness (QED) is 0.240. The lowest BCUT2D eigenvalue weighted by Crippen LogP contribution is -2.42. The van der Waals surface area contributed by atoms with Gasteiger partial charge in [-0.2, -0.15) is 15.2 Å². The van der Waals surface area contributed by atoms with Crippen LogP contribution in [0.25, 0.3) is 5.69 Å². The molecule has 2 N–H and O–H groups in total. The van der Waals surface area contributed by atoms with Crippen molar-refractivity contribution in [3.05, 3.63) is 71.2 Å². The predicted molar refractivity (Wildman–Crippen MR) is 149 cm³/mol. The van der Waals surface area contributed by atoms with Gasteiger partial charge in [-0.3, -0.25) is 10.1 Å². The molecule has 2 aromatic heterocycles. The fourth-order valence-electron chi connectivity index (χ4n) is 4.69. The Morgan fingerprint density at radius 3 is 2.44 bits per heavy atom. The van der Waals surface area contributed by atoms with Gasteiger partial charge in [-0.1, -0.05) is 12.1 Å². The second-order valence-electron chi connectivity index (χ2n) is 9.33. The Morgan fingerprint density at radius 2 is 1.74 bits per heavy atom. The van der Waals surface area contributed by atoms with E-state index >= 15 is 0 Å². The highest BCUT2D eigenvalue weighted by Crippen LogP contribution is 2.40. The smallest absolute Gasteiger partial charge is 0.294 e. The maximum absolute atomic E-state index is 12.1. The summed E-state index contributed by atoms with van der Waals surface area (Å²) in [6.07, 6.45) is 6.66. The first-order chi connectivity index (χ1) is 18.9. The van der Waals surface area contributed by atoms with E-state index in [0.717, 1.165) is 37.3 Å². The molecule has 2 aromatic carbocycles. The summed E-state index contributed by atoms with van der Waals surface area (Å²) in [6, 6.07) is 12.9. The molecule has 0 spiro atoms. The monoisotopic (exact) mass is 530 g/mol. The largest absolute Gasteiger partial charge is 0.494 e. The van der Waals surface area contributed by atoms with E-state index in [-0.39, 0.29) is 16.6 Å². The van der Waals surface area contributed by atoms with Crippen molar-refractivity contribution in [2.24, 2.45) is 0 Å². The number of nitrogens with zero attached hydrogens (tertiary/aromatic N) is 8. The van der Waals surface area contributed by atoms with Gasteiger partial charge in [0.15, 0.2) is 0 Å². The molecular weight excluding hydrogens is 500 g/mol. The van der Waals surface area contributed by atoms with E-state index in [0.29, 0.717) is 29.0 Å². The summed E-state index contributed by atoms with van der Waals surface area (Å²) in [5.41, 5.74) is 2.43. The van der Waals surface area contributed by atoms with Gasteiger partial charge in [0, 0.05) is 37.5 Å². The summed E-state index contributed by atoms with van der Waals surface area (Å²) in [4.78, 5) is 26.3. The van der Waals surface area contributed by atoms with E-state index < -0.39 is 0 Å². The number of anilines is 5. The average molecular weight is 531 g/mol. The van der Waals surface area contributed by atoms with Crippen LogP contribution in [0.1, 0.15) is 12.8 Å². The molecule has 0 bridgehead atoms. The first kappa shape index (κ1) is 25.9. The third-order valence-electron chi connectivity index (χ3n) is 6.73. The molecular formula is C26H30N10O3. The average Bonchev–Trinajstić information content (AvgIpc) is 3.48. The molecule has 0 atom stereocenters. The van der Waals surface area contributed by atoms with Gasteiger partial charge in [-0.25, -0.2) is 4.98 Å². The SMILES string of the molecule is COc1cc(N2CCC(N(C)C)CC2)c([N+](=O)[O-])cc1Nc1nccc(Nc2ccccc2-n2nccn2)n1. The molecule has 13 nitrogen and oxygen atoms in total. The van der Waals surface area contributed by atoms with Crippen LogP contribution in [-0.4, -0.2) is 75.1 Å². The van der Waals surface area contributed by atoms with Crippen molar-refractivity contribution in [3.63, 3.8) is 0 Å². The van der Waals surface area contributed by atoms with Crippen molar-refractivity contribution in [1.82, 2.24) is 29.9 Å². The van der Waals surface area contributed by atoms with Gasteiger partial charge in [-0.15, -0.1) is 4.80 Å². The number of nitro benzene ring substituents is 1. The zero-order chi connectivity index (χ0) is 27.4. The Labute approximate surface area is 225 Å². The lowest BCUT2D eigenvalue weighted by molar-refractivity contribution is -0.384. The fraction of sp³-hybridized carbons (Fsp3) is 0.308. The van der Waals surface area contributed by atoms with Crippen LogP contribution < -0.4 is 20.3 Å². The molecule has 39 heavy (non-hydrogen) atoms. The summed E-state index contributed by atoms with van der Waals surface area (Å²) in [6.45, 7) is 1.46. The zero-order valence-electron chi connectivity index (χ0n) is 22.0. The van der Waals surface area contributed by atoms with Crippen LogP contribution in [0.15, 0.2) is 61.1 Å². The summed E-state index contributed by atoms with van der Waals surface area (Å²) in [5, 5.41) is 26.8. The molecule has 0 unspecified atom stereocenters. The minimum Gasteiger partial charge on any atom is -0.494 e. The number of nitrogens with one attached hydrogen (secondary N) is 2. The summed E-state index contributed by atoms with van der Waals surface area (Å²) in [7, 11) is 5.66. The molecule has 1 aliphatic rings. The molecule has 1 saturated heterocycles. The van der Waals surface area contributed by atoms with Crippen LogP contribution in [0.5, 0.6) is 5.75 Å². The molecule has 1 aliphatic heterocycles. The Balaban J connectivity index is 1.39. The van der Waals surface area contributed by atoms with Crippen LogP contribution in [0.2, 0.25) is 0 Å². The van der Waals surface area contributed by atoms with E-state index in [2.05, 4.69) is 54.7 Å². The number of hydrogen-bond acceptors (Lipinski definition) is 11. The van der Waals surface area contributed by atoms with Crippen molar-refractivity contribution < 1.29 is 9.66 Å². The van der Waals surface area contributed by atoms with Crippen LogP contribution in [0, 0.1) is 10.1 Å². The first-order valence-corrected chi connectivity index (χ1v) is 12.5. The van der Waals surface area contributed by atoms with Gasteiger partial charge < -0.3 is 25.2 Å². The summed E-state index contributed by atoms with van der Waals surface area (Å²) in [5.74, 6) is 1.23. The zero-order valence-corrected chi connectivity index (χ0v) is 22.0. The maximum Gasteiger partial charge on any atom is 0.294 e. The molecule has 0 aliphatic carbocycles. The van der Waals surface area contributed by atoms with Gasteiger partial charge in [0.05, 0.1) is 35.8 Å². The van der Waals surface area contributed by atoms with Crippen LogP contribution in [0.4, 0.5) is 34.5 Å². The molecule has 5 rings (SSSR count). The molecule has 0 saturated carbocycles. The molecule has 1 fully saturated rings. The Hall–Kier alpha value is -4.78. The van der Waals surface area contributed by atoms with Crippen LogP contribution >= 0.6 is 0 Å². The normalized spacial score (nSPS) is 13.9. The van der Waals surface area contributed by atoms with Gasteiger partial charge in [-0.05, 0) is 45.1 Å². The number of nitro groups is 1. The van der Waals surface area contributed by atoms with Crippen molar-refractivity contribution in [1.29, 1.82) is 0 Å². The number of methoxy groups -OCH3 is 1. The third kappa shape index (κ3) is 5.72. The minimum absolute atomic E-state index is 0.00321. The standard InChI is InChI=1S/C26H30N10O3/c1-33(2)18-9-14-34(15-10-18)22-17-24(39-3)20(16-23(22)36(37)38)31-26-27-11-8-25(32-26)30-19-6-4-5-7-21(19)35-28-12-13-29-35/h4-8,11-13,16-18H,9-10,14-15H2,1-3H3,(H2,27,30,31,32). The van der Waals surface area contributed by atoms with Crippen molar-refractivity contribution in [3.8, 4) is 11.4 Å². The van der Waals surface area contributed by atoms with E-state index in [1.54, 1.807) is 30.7 Å². The molecule has 4 aromatic rings. The number of hydrogen-bond donors (Lipinski definition) is 2. The number of benzene rings is 2. The van der Waals surface area contributed by atoms with Gasteiger partial charge >= 0.3 is 0 Å². The highest BCUT2D eigenvalue weighted by molar-refractivity contribution is 5.77. The number of ether oxygens (including phenoxy) is 1. The van der Waals surface area contributed by atoms with Crippen LogP contribution in [-0.2, 0) is 0 Å². The van der Waals surface area contributed by atoms with E-state index in [9.17, 15) is 10.1 Å². The van der Waals surface area contributed by atoms with Crippen molar-refractivity contribution in [2.75, 3.05) is 49.8 Å². The number of aromatic nitrogens is 5. The van der Waals surface area contributed by atoms with Crippen molar-refractivity contribution in [2.45, 2.75) is 18.9 Å². The lowest BCUT2D eigenvalue weighted by Gasteiger charge is -2.36. The molecule has 0 amide bonds.